The molecule has 0 aliphatic heterocycles. The van der Waals surface area contributed by atoms with E-state index < -0.39 is 5.97 Å². The summed E-state index contributed by atoms with van der Waals surface area (Å²) in [6, 6.07) is 17.9. The quantitative estimate of drug-likeness (QED) is 0.489. The fourth-order valence-electron chi connectivity index (χ4n) is 2.11. The van der Waals surface area contributed by atoms with Gasteiger partial charge in [-0.1, -0.05) is 60.7 Å². The van der Waals surface area contributed by atoms with Crippen molar-refractivity contribution in [2.45, 2.75) is 6.92 Å². The topological polar surface area (TPSA) is 43.4 Å². The number of ketones is 1. The molecule has 0 amide bonds. The molecule has 0 aliphatic rings. The smallest absolute Gasteiger partial charge is 0.338 e. The Labute approximate surface area is 123 Å². The molecule has 0 saturated carbocycles. The Hall–Kier alpha value is -2.68. The molecule has 0 heterocycles. The molecule has 0 fully saturated rings. The Balaban J connectivity index is 2.53. The van der Waals surface area contributed by atoms with Crippen LogP contribution in [0.15, 0.2) is 66.2 Å². The van der Waals surface area contributed by atoms with Crippen molar-refractivity contribution < 1.29 is 14.3 Å². The van der Waals surface area contributed by atoms with E-state index >= 15 is 0 Å². The Morgan fingerprint density at radius 3 is 1.76 bits per heavy atom. The third kappa shape index (κ3) is 3.26. The maximum absolute atomic E-state index is 12.5. The third-order valence-corrected chi connectivity index (χ3v) is 3.20. The van der Waals surface area contributed by atoms with Crippen LogP contribution < -0.4 is 0 Å². The van der Waals surface area contributed by atoms with Gasteiger partial charge in [0.15, 0.2) is 5.78 Å². The van der Waals surface area contributed by atoms with Crippen molar-refractivity contribution in [3.05, 3.63) is 77.4 Å². The van der Waals surface area contributed by atoms with Crippen LogP contribution >= 0.6 is 0 Å². The Kier molecular flexibility index (Phi) is 4.67. The molecule has 3 heteroatoms. The number of esters is 1. The summed E-state index contributed by atoms with van der Waals surface area (Å²) in [4.78, 5) is 24.6. The van der Waals surface area contributed by atoms with Crippen molar-refractivity contribution in [3.8, 4) is 0 Å². The zero-order valence-corrected chi connectivity index (χ0v) is 12.0. The third-order valence-electron chi connectivity index (χ3n) is 3.20. The van der Waals surface area contributed by atoms with Gasteiger partial charge >= 0.3 is 5.97 Å². The predicted molar refractivity (Wildman–Crippen MR) is 81.8 cm³/mol. The number of rotatable bonds is 4. The molecule has 0 N–H and O–H groups in total. The normalized spacial score (nSPS) is 11.5. The number of hydrogen-bond donors (Lipinski definition) is 0. The molecular formula is C18H16O3. The van der Waals surface area contributed by atoms with Crippen LogP contribution in [0.1, 0.15) is 22.8 Å². The molecule has 2 rings (SSSR count). The Morgan fingerprint density at radius 1 is 0.810 bits per heavy atom. The lowest BCUT2D eigenvalue weighted by atomic mass is 9.95. The van der Waals surface area contributed by atoms with Gasteiger partial charge in [0, 0.05) is 11.1 Å². The van der Waals surface area contributed by atoms with Crippen LogP contribution in [0.25, 0.3) is 5.57 Å². The molecule has 106 valence electrons. The number of ether oxygens (including phenoxy) is 1. The summed E-state index contributed by atoms with van der Waals surface area (Å²) in [5.41, 5.74) is 1.89. The molecule has 0 unspecified atom stereocenters. The summed E-state index contributed by atoms with van der Waals surface area (Å²) in [5, 5.41) is 0. The summed E-state index contributed by atoms with van der Waals surface area (Å²) in [6.07, 6.45) is 0. The van der Waals surface area contributed by atoms with E-state index in [2.05, 4.69) is 0 Å². The van der Waals surface area contributed by atoms with Crippen LogP contribution in [0.5, 0.6) is 0 Å². The van der Waals surface area contributed by atoms with Crippen LogP contribution in [0.3, 0.4) is 0 Å². The van der Waals surface area contributed by atoms with E-state index in [0.717, 1.165) is 0 Å². The van der Waals surface area contributed by atoms with E-state index in [4.69, 9.17) is 4.74 Å². The van der Waals surface area contributed by atoms with Crippen LogP contribution in [-0.2, 0) is 9.53 Å². The highest BCUT2D eigenvalue weighted by molar-refractivity contribution is 6.26. The van der Waals surface area contributed by atoms with Crippen LogP contribution in [0.2, 0.25) is 0 Å². The van der Waals surface area contributed by atoms with E-state index in [9.17, 15) is 9.59 Å². The Morgan fingerprint density at radius 2 is 1.29 bits per heavy atom. The van der Waals surface area contributed by atoms with E-state index in [-0.39, 0.29) is 5.78 Å². The van der Waals surface area contributed by atoms with E-state index in [1.165, 1.54) is 7.11 Å². The first-order chi connectivity index (χ1) is 10.1. The predicted octanol–water partition coefficient (Wildman–Crippen LogP) is 3.52. The van der Waals surface area contributed by atoms with Gasteiger partial charge in [0.1, 0.15) is 0 Å². The fraction of sp³-hybridized carbons (Fsp3) is 0.111. The highest BCUT2D eigenvalue weighted by Gasteiger charge is 2.20. The number of carbonyl (C=O) groups excluding carboxylic acids is 2. The van der Waals surface area contributed by atoms with Crippen molar-refractivity contribution in [3.63, 3.8) is 0 Å². The summed E-state index contributed by atoms with van der Waals surface area (Å²) < 4.78 is 4.82. The number of methoxy groups -OCH3 is 1. The van der Waals surface area contributed by atoms with Gasteiger partial charge in [0.25, 0.3) is 0 Å². The molecular weight excluding hydrogens is 264 g/mol. The number of allylic oxidation sites excluding steroid dienone is 1. The van der Waals surface area contributed by atoms with Gasteiger partial charge in [-0.25, -0.2) is 4.79 Å². The van der Waals surface area contributed by atoms with E-state index in [1.807, 2.05) is 24.3 Å². The average molecular weight is 280 g/mol. The summed E-state index contributed by atoms with van der Waals surface area (Å²) in [6.45, 7) is 1.65. The summed E-state index contributed by atoms with van der Waals surface area (Å²) >= 11 is 0. The minimum absolute atomic E-state index is 0.181. The van der Waals surface area contributed by atoms with E-state index in [1.54, 1.807) is 43.3 Å². The van der Waals surface area contributed by atoms with Gasteiger partial charge in [-0.3, -0.25) is 4.79 Å². The van der Waals surface area contributed by atoms with E-state index in [0.29, 0.717) is 22.3 Å². The minimum atomic E-state index is -0.511. The monoisotopic (exact) mass is 280 g/mol. The molecule has 21 heavy (non-hydrogen) atoms. The summed E-state index contributed by atoms with van der Waals surface area (Å²) in [7, 11) is 1.31. The largest absolute Gasteiger partial charge is 0.465 e. The fourth-order valence-corrected chi connectivity index (χ4v) is 2.11. The number of hydrogen-bond acceptors (Lipinski definition) is 3. The van der Waals surface area contributed by atoms with Gasteiger partial charge in [0.2, 0.25) is 0 Å². The lowest BCUT2D eigenvalue weighted by Crippen LogP contribution is -2.11. The molecule has 0 spiro atoms. The molecule has 0 aromatic heterocycles. The lowest BCUT2D eigenvalue weighted by Gasteiger charge is -2.10. The van der Waals surface area contributed by atoms with Crippen LogP contribution in [-0.4, -0.2) is 18.9 Å². The zero-order valence-electron chi connectivity index (χ0n) is 12.0. The maximum Gasteiger partial charge on any atom is 0.338 e. The average Bonchev–Trinajstić information content (AvgIpc) is 2.55. The molecule has 2 aromatic carbocycles. The van der Waals surface area contributed by atoms with Crippen molar-refractivity contribution in [2.75, 3.05) is 7.11 Å². The van der Waals surface area contributed by atoms with Crippen molar-refractivity contribution in [2.24, 2.45) is 0 Å². The molecule has 0 atom stereocenters. The molecule has 0 saturated heterocycles. The summed E-state index contributed by atoms with van der Waals surface area (Å²) in [5.74, 6) is -0.692. The second kappa shape index (κ2) is 6.66. The molecule has 3 nitrogen and oxygen atoms in total. The highest BCUT2D eigenvalue weighted by Crippen LogP contribution is 2.22. The van der Waals surface area contributed by atoms with Crippen molar-refractivity contribution in [1.29, 1.82) is 0 Å². The number of Topliss-reactive ketones (excluding diaryl/α,β-unsaturated/α-hetero) is 1. The van der Waals surface area contributed by atoms with Gasteiger partial charge in [-0.15, -0.1) is 0 Å². The van der Waals surface area contributed by atoms with Crippen LogP contribution in [0.4, 0.5) is 0 Å². The van der Waals surface area contributed by atoms with Gasteiger partial charge in [0.05, 0.1) is 12.7 Å². The highest BCUT2D eigenvalue weighted by atomic mass is 16.5. The number of benzene rings is 2. The van der Waals surface area contributed by atoms with Crippen LogP contribution in [0, 0.1) is 0 Å². The minimum Gasteiger partial charge on any atom is -0.465 e. The molecule has 2 aromatic rings. The first-order valence-corrected chi connectivity index (χ1v) is 6.59. The first-order valence-electron chi connectivity index (χ1n) is 6.59. The molecule has 0 bridgehead atoms. The second-order valence-corrected chi connectivity index (χ2v) is 4.55. The zero-order chi connectivity index (χ0) is 15.2. The van der Waals surface area contributed by atoms with Gasteiger partial charge in [-0.05, 0) is 12.5 Å². The van der Waals surface area contributed by atoms with Gasteiger partial charge < -0.3 is 4.74 Å². The molecule has 0 radical (unpaired) electrons. The van der Waals surface area contributed by atoms with Crippen molar-refractivity contribution in [1.82, 2.24) is 0 Å². The second-order valence-electron chi connectivity index (χ2n) is 4.55. The Bertz CT molecular complexity index is 670. The lowest BCUT2D eigenvalue weighted by molar-refractivity contribution is -0.133. The SMILES string of the molecule is COC(=O)/C(=C(/C)C(=O)c1ccccc1)c1ccccc1. The standard InChI is InChI=1S/C18H16O3/c1-13(17(19)15-11-7-4-8-12-15)16(18(20)21-2)14-9-5-3-6-10-14/h3-12H,1-2H3/b16-13-. The van der Waals surface area contributed by atoms with Crippen molar-refractivity contribution >= 4 is 17.3 Å². The first kappa shape index (κ1) is 14.7. The molecule has 0 aliphatic carbocycles. The number of carbonyl (C=O) groups is 2. The van der Waals surface area contributed by atoms with Gasteiger partial charge in [-0.2, -0.15) is 0 Å². The maximum atomic E-state index is 12.5.